The number of aromatic nitrogens is 1. The first-order chi connectivity index (χ1) is 8.79. The van der Waals surface area contributed by atoms with Gasteiger partial charge in [-0.2, -0.15) is 0 Å². The monoisotopic (exact) mass is 263 g/mol. The first-order valence-corrected chi connectivity index (χ1v) is 7.05. The Hall–Kier alpha value is -1.26. The lowest BCUT2D eigenvalue weighted by atomic mass is 10.2. The molecule has 1 heterocycles. The number of para-hydroxylation sites is 1. The molecule has 2 rings (SSSR count). The van der Waals surface area contributed by atoms with Gasteiger partial charge in [-0.1, -0.05) is 19.1 Å². The fraction of sp³-hybridized carbons (Fsp3) is 0.429. The predicted octanol–water partition coefficient (Wildman–Crippen LogP) is 3.22. The van der Waals surface area contributed by atoms with Crippen LogP contribution in [0.5, 0.6) is 0 Å². The Morgan fingerprint density at radius 3 is 2.94 bits per heavy atom. The number of carbonyl (C=O) groups is 1. The summed E-state index contributed by atoms with van der Waals surface area (Å²) in [4.78, 5) is 16.2. The van der Waals surface area contributed by atoms with E-state index in [9.17, 15) is 4.79 Å². The lowest BCUT2D eigenvalue weighted by Crippen LogP contribution is -2.07. The first-order valence-electron chi connectivity index (χ1n) is 6.23. The van der Waals surface area contributed by atoms with Gasteiger partial charge in [0.15, 0.2) is 0 Å². The second kappa shape index (κ2) is 6.61. The van der Waals surface area contributed by atoms with Crippen LogP contribution in [-0.4, -0.2) is 24.0 Å². The number of hydrogen-bond donors (Lipinski definition) is 0. The standard InChI is InChI=1S/C14H17NO2S/c1-2-8-17-9-7-11(16)10-14-15-12-5-3-4-6-13(12)18-14/h3-6H,2,7-10H2,1H3. The summed E-state index contributed by atoms with van der Waals surface area (Å²) < 4.78 is 6.45. The molecule has 0 saturated heterocycles. The number of ketones is 1. The summed E-state index contributed by atoms with van der Waals surface area (Å²) in [5.74, 6) is 0.199. The molecule has 0 bridgehead atoms. The minimum absolute atomic E-state index is 0.199. The average Bonchev–Trinajstić information content (AvgIpc) is 2.76. The van der Waals surface area contributed by atoms with Crippen LogP contribution in [0.1, 0.15) is 24.8 Å². The van der Waals surface area contributed by atoms with Crippen LogP contribution in [0.4, 0.5) is 0 Å². The Morgan fingerprint density at radius 1 is 1.33 bits per heavy atom. The second-order valence-corrected chi connectivity index (χ2v) is 5.27. The van der Waals surface area contributed by atoms with Crippen molar-refractivity contribution in [3.05, 3.63) is 29.3 Å². The van der Waals surface area contributed by atoms with Crippen LogP contribution < -0.4 is 0 Å². The van der Waals surface area contributed by atoms with Gasteiger partial charge < -0.3 is 4.74 Å². The van der Waals surface area contributed by atoms with E-state index in [0.29, 0.717) is 19.4 Å². The van der Waals surface area contributed by atoms with Gasteiger partial charge in [0.05, 0.1) is 23.2 Å². The van der Waals surface area contributed by atoms with Gasteiger partial charge in [0.1, 0.15) is 10.8 Å². The molecule has 4 heteroatoms. The van der Waals surface area contributed by atoms with Crippen molar-refractivity contribution in [2.24, 2.45) is 0 Å². The van der Waals surface area contributed by atoms with Crippen LogP contribution in [0.25, 0.3) is 10.2 Å². The van der Waals surface area contributed by atoms with Crippen LogP contribution in [0.2, 0.25) is 0 Å². The molecule has 1 aromatic heterocycles. The van der Waals surface area contributed by atoms with Gasteiger partial charge in [0, 0.05) is 13.0 Å². The largest absolute Gasteiger partial charge is 0.381 e. The SMILES string of the molecule is CCCOCCC(=O)Cc1nc2ccccc2s1. The molecule has 0 spiro atoms. The smallest absolute Gasteiger partial charge is 0.141 e. The van der Waals surface area contributed by atoms with Crippen molar-refractivity contribution in [2.75, 3.05) is 13.2 Å². The molecule has 0 aliphatic heterocycles. The Morgan fingerprint density at radius 2 is 2.17 bits per heavy atom. The maximum atomic E-state index is 11.7. The highest BCUT2D eigenvalue weighted by molar-refractivity contribution is 7.18. The highest BCUT2D eigenvalue weighted by atomic mass is 32.1. The summed E-state index contributed by atoms with van der Waals surface area (Å²) >= 11 is 1.60. The molecule has 3 nitrogen and oxygen atoms in total. The molecular formula is C14H17NO2S. The molecule has 0 saturated carbocycles. The van der Waals surface area contributed by atoms with Crippen LogP contribution in [0.15, 0.2) is 24.3 Å². The zero-order valence-corrected chi connectivity index (χ0v) is 11.3. The maximum Gasteiger partial charge on any atom is 0.141 e. The zero-order valence-electron chi connectivity index (χ0n) is 10.5. The number of nitrogens with zero attached hydrogens (tertiary/aromatic N) is 1. The van der Waals surface area contributed by atoms with Crippen molar-refractivity contribution in [3.8, 4) is 0 Å². The summed E-state index contributed by atoms with van der Waals surface area (Å²) in [7, 11) is 0. The average molecular weight is 263 g/mol. The van der Waals surface area contributed by atoms with E-state index in [2.05, 4.69) is 11.9 Å². The third-order valence-corrected chi connectivity index (χ3v) is 3.60. The molecule has 18 heavy (non-hydrogen) atoms. The van der Waals surface area contributed by atoms with Gasteiger partial charge in [-0.3, -0.25) is 4.79 Å². The van der Waals surface area contributed by atoms with E-state index in [-0.39, 0.29) is 5.78 Å². The minimum atomic E-state index is 0.199. The fourth-order valence-electron chi connectivity index (χ4n) is 1.69. The van der Waals surface area contributed by atoms with Crippen LogP contribution in [0, 0.1) is 0 Å². The molecule has 0 radical (unpaired) electrons. The summed E-state index contributed by atoms with van der Waals surface area (Å²) in [6.45, 7) is 3.31. The van der Waals surface area contributed by atoms with Crippen molar-refractivity contribution >= 4 is 27.3 Å². The summed E-state index contributed by atoms with van der Waals surface area (Å²) in [6, 6.07) is 7.96. The third-order valence-electron chi connectivity index (χ3n) is 2.56. The van der Waals surface area contributed by atoms with Crippen molar-refractivity contribution in [2.45, 2.75) is 26.2 Å². The van der Waals surface area contributed by atoms with Crippen LogP contribution in [-0.2, 0) is 16.0 Å². The number of thiazole rings is 1. The van der Waals surface area contributed by atoms with E-state index >= 15 is 0 Å². The topological polar surface area (TPSA) is 39.2 Å². The summed E-state index contributed by atoms with van der Waals surface area (Å²) in [5, 5.41) is 0.900. The zero-order chi connectivity index (χ0) is 12.8. The highest BCUT2D eigenvalue weighted by Gasteiger charge is 2.08. The molecule has 0 atom stereocenters. The molecule has 0 aliphatic rings. The number of hydrogen-bond acceptors (Lipinski definition) is 4. The number of ether oxygens (including phenoxy) is 1. The molecule has 0 N–H and O–H groups in total. The second-order valence-electron chi connectivity index (χ2n) is 4.15. The van der Waals surface area contributed by atoms with Gasteiger partial charge in [-0.25, -0.2) is 4.98 Å². The molecule has 0 aliphatic carbocycles. The number of fused-ring (bicyclic) bond motifs is 1. The Kier molecular flexibility index (Phi) is 4.84. The number of rotatable bonds is 7. The van der Waals surface area contributed by atoms with E-state index in [1.54, 1.807) is 11.3 Å². The van der Waals surface area contributed by atoms with E-state index in [1.165, 1.54) is 0 Å². The predicted molar refractivity (Wildman–Crippen MR) is 74.1 cm³/mol. The molecule has 0 fully saturated rings. The summed E-state index contributed by atoms with van der Waals surface area (Å²) in [5.41, 5.74) is 0.979. The molecule has 1 aromatic carbocycles. The fourth-order valence-corrected chi connectivity index (χ4v) is 2.68. The molecule has 0 amide bonds. The quantitative estimate of drug-likeness (QED) is 0.720. The summed E-state index contributed by atoms with van der Waals surface area (Å²) in [6.07, 6.45) is 1.90. The Bertz CT molecular complexity index is 488. The normalized spacial score (nSPS) is 10.9. The van der Waals surface area contributed by atoms with Crippen molar-refractivity contribution in [3.63, 3.8) is 0 Å². The van der Waals surface area contributed by atoms with Gasteiger partial charge in [-0.15, -0.1) is 11.3 Å². The van der Waals surface area contributed by atoms with Crippen molar-refractivity contribution < 1.29 is 9.53 Å². The molecule has 0 unspecified atom stereocenters. The van der Waals surface area contributed by atoms with Crippen molar-refractivity contribution in [1.82, 2.24) is 4.98 Å². The van der Waals surface area contributed by atoms with E-state index in [1.807, 2.05) is 24.3 Å². The number of benzene rings is 1. The lowest BCUT2D eigenvalue weighted by Gasteiger charge is -2.00. The van der Waals surface area contributed by atoms with Gasteiger partial charge >= 0.3 is 0 Å². The molecule has 96 valence electrons. The lowest BCUT2D eigenvalue weighted by molar-refractivity contribution is -0.119. The van der Waals surface area contributed by atoms with E-state index in [0.717, 1.165) is 28.3 Å². The maximum absolute atomic E-state index is 11.7. The number of Topliss-reactive ketones (excluding diaryl/α,β-unsaturated/α-hetero) is 1. The van der Waals surface area contributed by atoms with E-state index < -0.39 is 0 Å². The molecule has 2 aromatic rings. The van der Waals surface area contributed by atoms with Crippen molar-refractivity contribution in [1.29, 1.82) is 0 Å². The van der Waals surface area contributed by atoms with Crippen LogP contribution in [0.3, 0.4) is 0 Å². The third kappa shape index (κ3) is 3.62. The first kappa shape index (κ1) is 13.2. The van der Waals surface area contributed by atoms with Crippen LogP contribution >= 0.6 is 11.3 Å². The van der Waals surface area contributed by atoms with Gasteiger partial charge in [0.2, 0.25) is 0 Å². The Labute approximate surface area is 111 Å². The Balaban J connectivity index is 1.86. The number of carbonyl (C=O) groups excluding carboxylic acids is 1. The van der Waals surface area contributed by atoms with E-state index in [4.69, 9.17) is 4.74 Å². The van der Waals surface area contributed by atoms with Gasteiger partial charge in [-0.05, 0) is 18.6 Å². The minimum Gasteiger partial charge on any atom is -0.381 e. The molecular weight excluding hydrogens is 246 g/mol. The van der Waals surface area contributed by atoms with Gasteiger partial charge in [0.25, 0.3) is 0 Å². The highest BCUT2D eigenvalue weighted by Crippen LogP contribution is 2.22.